The first kappa shape index (κ1) is 24.4. The van der Waals surface area contributed by atoms with Gasteiger partial charge in [0.15, 0.2) is 8.32 Å². The second-order valence-electron chi connectivity index (χ2n) is 9.50. The normalized spacial score (nSPS) is 12.1. The molecule has 32 heavy (non-hydrogen) atoms. The van der Waals surface area contributed by atoms with Crippen molar-refractivity contribution in [2.45, 2.75) is 45.3 Å². The summed E-state index contributed by atoms with van der Waals surface area (Å²) >= 11 is 0. The minimum Gasteiger partial charge on any atom is -0.417 e. The van der Waals surface area contributed by atoms with Gasteiger partial charge in [0.25, 0.3) is 0 Å². The predicted octanol–water partition coefficient (Wildman–Crippen LogP) is 6.96. The Labute approximate surface area is 195 Å². The van der Waals surface area contributed by atoms with Gasteiger partial charge in [-0.05, 0) is 62.0 Å². The topological polar surface area (TPSA) is 18.5 Å². The summed E-state index contributed by atoms with van der Waals surface area (Å²) in [6.45, 7) is 8.94. The summed E-state index contributed by atoms with van der Waals surface area (Å²) in [4.78, 5) is 0. The summed E-state index contributed by atoms with van der Waals surface area (Å²) in [6, 6.07) is 33.5. The van der Waals surface area contributed by atoms with E-state index in [4.69, 9.17) is 9.16 Å². The number of rotatable bonds is 13. The number of hydrogen-bond acceptors (Lipinski definition) is 2. The van der Waals surface area contributed by atoms with E-state index in [1.54, 1.807) is 0 Å². The molecule has 3 rings (SSSR count). The molecule has 0 aliphatic carbocycles. The summed E-state index contributed by atoms with van der Waals surface area (Å²) in [5, 5.41) is 0. The highest BCUT2D eigenvalue weighted by Crippen LogP contribution is 2.31. The van der Waals surface area contributed by atoms with E-state index in [-0.39, 0.29) is 5.41 Å². The van der Waals surface area contributed by atoms with E-state index in [0.29, 0.717) is 6.61 Å². The van der Waals surface area contributed by atoms with Crippen LogP contribution in [0.4, 0.5) is 0 Å². The van der Waals surface area contributed by atoms with Gasteiger partial charge in [0.1, 0.15) is 0 Å². The smallest absolute Gasteiger partial charge is 0.187 e. The summed E-state index contributed by atoms with van der Waals surface area (Å²) in [7, 11) is -1.83. The van der Waals surface area contributed by atoms with Crippen molar-refractivity contribution in [3.63, 3.8) is 0 Å². The molecule has 0 heterocycles. The zero-order valence-electron chi connectivity index (χ0n) is 19.9. The third kappa shape index (κ3) is 8.05. The highest BCUT2D eigenvalue weighted by atomic mass is 28.4. The van der Waals surface area contributed by atoms with Crippen molar-refractivity contribution in [1.82, 2.24) is 0 Å². The monoisotopic (exact) mass is 446 g/mol. The van der Waals surface area contributed by atoms with Crippen LogP contribution < -0.4 is 0 Å². The first-order chi connectivity index (χ1) is 15.5. The maximum atomic E-state index is 6.82. The lowest BCUT2D eigenvalue weighted by Gasteiger charge is -2.37. The number of hydrogen-bond donors (Lipinski definition) is 0. The van der Waals surface area contributed by atoms with Crippen LogP contribution in [0.1, 0.15) is 23.6 Å². The molecule has 0 aliphatic rings. The first-order valence-corrected chi connectivity index (χ1v) is 15.0. The summed E-state index contributed by atoms with van der Waals surface area (Å²) < 4.78 is 12.9. The van der Waals surface area contributed by atoms with Gasteiger partial charge in [0, 0.05) is 18.6 Å². The average molecular weight is 447 g/mol. The van der Waals surface area contributed by atoms with Gasteiger partial charge >= 0.3 is 0 Å². The van der Waals surface area contributed by atoms with Gasteiger partial charge < -0.3 is 9.16 Å². The molecule has 170 valence electrons. The second kappa shape index (κ2) is 12.1. The van der Waals surface area contributed by atoms with E-state index in [1.807, 2.05) is 0 Å². The highest BCUT2D eigenvalue weighted by molar-refractivity contribution is 6.71. The molecule has 0 amide bonds. The summed E-state index contributed by atoms with van der Waals surface area (Å²) in [5.41, 5.74) is 3.99. The molecule has 0 N–H and O–H groups in total. The largest absolute Gasteiger partial charge is 0.417 e. The van der Waals surface area contributed by atoms with Gasteiger partial charge in [0.05, 0.1) is 6.61 Å². The van der Waals surface area contributed by atoms with Crippen molar-refractivity contribution in [3.05, 3.63) is 108 Å². The molecular formula is C29H38O2Si. The first-order valence-electron chi connectivity index (χ1n) is 11.8. The van der Waals surface area contributed by atoms with E-state index in [9.17, 15) is 0 Å². The molecule has 0 unspecified atom stereocenters. The third-order valence-corrected chi connectivity index (χ3v) is 8.46. The van der Waals surface area contributed by atoms with Gasteiger partial charge in [-0.2, -0.15) is 0 Å². The fraction of sp³-hybridized carbons (Fsp3) is 0.379. The minimum atomic E-state index is -1.83. The Bertz CT molecular complexity index is 853. The quantitative estimate of drug-likeness (QED) is 0.264. The molecular weight excluding hydrogens is 408 g/mol. The third-order valence-electron chi connectivity index (χ3n) is 6.08. The van der Waals surface area contributed by atoms with E-state index < -0.39 is 8.32 Å². The van der Waals surface area contributed by atoms with Crippen molar-refractivity contribution >= 4 is 8.32 Å². The van der Waals surface area contributed by atoms with Crippen LogP contribution in [-0.2, 0) is 28.4 Å². The van der Waals surface area contributed by atoms with Crippen LogP contribution in [0.25, 0.3) is 0 Å². The van der Waals surface area contributed by atoms with Gasteiger partial charge in [-0.15, -0.1) is 0 Å². The maximum Gasteiger partial charge on any atom is 0.187 e. The fourth-order valence-corrected chi connectivity index (χ4v) is 5.93. The Morgan fingerprint density at radius 2 is 1.12 bits per heavy atom. The minimum absolute atomic E-state index is 0.0876. The Morgan fingerprint density at radius 3 is 1.59 bits per heavy atom. The molecule has 0 spiro atoms. The molecule has 3 heteroatoms. The number of benzene rings is 3. The lowest BCUT2D eigenvalue weighted by atomic mass is 9.78. The van der Waals surface area contributed by atoms with Crippen LogP contribution in [-0.4, -0.2) is 28.1 Å². The van der Waals surface area contributed by atoms with Crippen molar-refractivity contribution < 1.29 is 9.16 Å². The maximum absolute atomic E-state index is 6.82. The summed E-state index contributed by atoms with van der Waals surface area (Å²) in [6.07, 6.45) is 2.98. The van der Waals surface area contributed by atoms with E-state index in [2.05, 4.69) is 111 Å². The Hall–Kier alpha value is -2.20. The fourth-order valence-electron chi connectivity index (χ4n) is 4.20. The van der Waals surface area contributed by atoms with E-state index in [1.165, 1.54) is 16.7 Å². The van der Waals surface area contributed by atoms with Crippen molar-refractivity contribution in [2.24, 2.45) is 5.41 Å². The lowest BCUT2D eigenvalue weighted by Crippen LogP contribution is -2.42. The molecule has 0 radical (unpaired) electrons. The van der Waals surface area contributed by atoms with Gasteiger partial charge in [0.2, 0.25) is 0 Å². The molecule has 0 atom stereocenters. The molecule has 0 aromatic heterocycles. The zero-order chi connectivity index (χ0) is 22.7. The second-order valence-corrected chi connectivity index (χ2v) is 13.8. The Morgan fingerprint density at radius 1 is 0.656 bits per heavy atom. The van der Waals surface area contributed by atoms with Crippen LogP contribution in [0.2, 0.25) is 19.1 Å². The predicted molar refractivity (Wildman–Crippen MR) is 138 cm³/mol. The molecule has 2 nitrogen and oxygen atoms in total. The van der Waals surface area contributed by atoms with Crippen LogP contribution >= 0.6 is 0 Å². The van der Waals surface area contributed by atoms with Crippen LogP contribution in [0, 0.1) is 5.41 Å². The molecule has 0 saturated carbocycles. The Kier molecular flexibility index (Phi) is 9.28. The van der Waals surface area contributed by atoms with E-state index in [0.717, 1.165) is 38.5 Å². The van der Waals surface area contributed by atoms with E-state index >= 15 is 0 Å². The van der Waals surface area contributed by atoms with Crippen molar-refractivity contribution in [3.8, 4) is 0 Å². The number of aryl methyl sites for hydroxylation is 1. The standard InChI is InChI=1S/C29H38O2Si/c1-4-30-24-29(22-27-16-10-6-11-17-27,23-28-18-12-7-13-19-28)25-31-32(2,3)21-20-26-14-8-5-9-15-26/h5-19H,4,20-25H2,1-3H3. The van der Waals surface area contributed by atoms with Crippen LogP contribution in [0.5, 0.6) is 0 Å². The van der Waals surface area contributed by atoms with Gasteiger partial charge in [-0.25, -0.2) is 0 Å². The van der Waals surface area contributed by atoms with Crippen LogP contribution in [0.15, 0.2) is 91.0 Å². The molecule has 3 aromatic rings. The highest BCUT2D eigenvalue weighted by Gasteiger charge is 2.35. The molecule has 0 bridgehead atoms. The molecule has 0 saturated heterocycles. The molecule has 0 fully saturated rings. The number of ether oxygens (including phenoxy) is 1. The SMILES string of the molecule is CCOCC(CO[Si](C)(C)CCc1ccccc1)(Cc1ccccc1)Cc1ccccc1. The Balaban J connectivity index is 1.77. The lowest BCUT2D eigenvalue weighted by molar-refractivity contribution is 0.0157. The average Bonchev–Trinajstić information content (AvgIpc) is 2.82. The summed E-state index contributed by atoms with van der Waals surface area (Å²) in [5.74, 6) is 0. The van der Waals surface area contributed by atoms with Crippen molar-refractivity contribution in [2.75, 3.05) is 19.8 Å². The molecule has 3 aromatic carbocycles. The van der Waals surface area contributed by atoms with Crippen LogP contribution in [0.3, 0.4) is 0 Å². The van der Waals surface area contributed by atoms with Gasteiger partial charge in [-0.1, -0.05) is 91.0 Å². The molecule has 0 aliphatic heterocycles. The van der Waals surface area contributed by atoms with Gasteiger partial charge in [-0.3, -0.25) is 0 Å². The van der Waals surface area contributed by atoms with Crippen molar-refractivity contribution in [1.29, 1.82) is 0 Å². The zero-order valence-corrected chi connectivity index (χ0v) is 20.9.